The molecule has 1 aliphatic heterocycles. The number of fused-ring (bicyclic) bond motifs is 5. The summed E-state index contributed by atoms with van der Waals surface area (Å²) in [6, 6.07) is 7.92. The van der Waals surface area contributed by atoms with E-state index in [9.17, 15) is 24.6 Å². The molecular formula is C40H60ClNO9. The summed E-state index contributed by atoms with van der Waals surface area (Å²) in [5.41, 5.74) is -1.36. The van der Waals surface area contributed by atoms with Gasteiger partial charge in [0.2, 0.25) is 5.78 Å². The number of aliphatic hydroxyl groups is 2. The van der Waals surface area contributed by atoms with Crippen molar-refractivity contribution in [2.24, 2.45) is 28.6 Å². The summed E-state index contributed by atoms with van der Waals surface area (Å²) in [5, 5.41) is 22.8. The molecule has 7 atom stereocenters. The minimum Gasteiger partial charge on any atom is -0.494 e. The monoisotopic (exact) mass is 733 g/mol. The van der Waals surface area contributed by atoms with Crippen LogP contribution in [0.15, 0.2) is 35.9 Å². The number of unbranched alkanes of at least 4 members (excludes halogenated alkanes) is 1. The van der Waals surface area contributed by atoms with Crippen molar-refractivity contribution in [2.45, 2.75) is 104 Å². The second-order valence-corrected chi connectivity index (χ2v) is 15.5. The summed E-state index contributed by atoms with van der Waals surface area (Å²) in [4.78, 5) is 38.4. The Bertz CT molecular complexity index is 1360. The number of hydrogen-bond acceptors (Lipinski definition) is 10. The van der Waals surface area contributed by atoms with Crippen molar-refractivity contribution in [3.63, 3.8) is 0 Å². The molecule has 0 radical (unpaired) electrons. The fourth-order valence-corrected chi connectivity index (χ4v) is 9.71. The smallest absolute Gasteiger partial charge is 0.303 e. The van der Waals surface area contributed by atoms with E-state index < -0.39 is 35.5 Å². The summed E-state index contributed by atoms with van der Waals surface area (Å²) in [6.07, 6.45) is 8.84. The van der Waals surface area contributed by atoms with Crippen LogP contribution in [0.4, 0.5) is 0 Å². The third-order valence-corrected chi connectivity index (χ3v) is 12.5. The Balaban J connectivity index is 0.000000236. The van der Waals surface area contributed by atoms with Gasteiger partial charge in [-0.05, 0) is 105 Å². The zero-order valence-corrected chi connectivity index (χ0v) is 31.8. The maximum absolute atomic E-state index is 12.9. The Morgan fingerprint density at radius 1 is 0.980 bits per heavy atom. The predicted molar refractivity (Wildman–Crippen MR) is 196 cm³/mol. The van der Waals surface area contributed by atoms with Crippen LogP contribution in [0, 0.1) is 28.6 Å². The first-order valence-electron chi connectivity index (χ1n) is 18.9. The molecule has 4 aliphatic carbocycles. The van der Waals surface area contributed by atoms with Crippen LogP contribution in [0.25, 0.3) is 0 Å². The van der Waals surface area contributed by atoms with Gasteiger partial charge in [-0.15, -0.1) is 12.4 Å². The number of halogens is 1. The lowest BCUT2D eigenvalue weighted by Gasteiger charge is -2.60. The second kappa shape index (κ2) is 18.0. The lowest BCUT2D eigenvalue weighted by atomic mass is 9.45. The number of esters is 1. The van der Waals surface area contributed by atoms with E-state index in [1.165, 1.54) is 6.92 Å². The first-order chi connectivity index (χ1) is 23.9. The fraction of sp³-hybridized carbons (Fsp3) is 0.725. The molecule has 0 amide bonds. The average Bonchev–Trinajstić information content (AvgIpc) is 3.37. The van der Waals surface area contributed by atoms with Crippen LogP contribution in [-0.2, 0) is 23.9 Å². The van der Waals surface area contributed by atoms with Gasteiger partial charge in [-0.25, -0.2) is 0 Å². The first kappa shape index (κ1) is 41.3. The van der Waals surface area contributed by atoms with Gasteiger partial charge in [-0.3, -0.25) is 19.3 Å². The van der Waals surface area contributed by atoms with E-state index in [0.29, 0.717) is 19.3 Å². The Hall–Kier alpha value is -2.50. The molecule has 3 saturated carbocycles. The topological polar surface area (TPSA) is 132 Å². The van der Waals surface area contributed by atoms with Gasteiger partial charge in [0.05, 0.1) is 32.5 Å². The van der Waals surface area contributed by atoms with Gasteiger partial charge < -0.3 is 29.2 Å². The molecule has 6 rings (SSSR count). The molecular weight excluding hydrogens is 674 g/mol. The van der Waals surface area contributed by atoms with E-state index in [1.54, 1.807) is 6.08 Å². The van der Waals surface area contributed by atoms with Crippen molar-refractivity contribution >= 4 is 29.9 Å². The lowest BCUT2D eigenvalue weighted by Crippen LogP contribution is -2.62. The molecule has 7 unspecified atom stereocenters. The summed E-state index contributed by atoms with van der Waals surface area (Å²) < 4.78 is 21.6. The minimum absolute atomic E-state index is 0. The van der Waals surface area contributed by atoms with Crippen LogP contribution in [0.3, 0.4) is 0 Å². The minimum atomic E-state index is -1.58. The van der Waals surface area contributed by atoms with E-state index in [2.05, 4.69) is 18.7 Å². The normalized spacial score (nSPS) is 32.8. The molecule has 5 aliphatic rings. The zero-order valence-electron chi connectivity index (χ0n) is 31.0. The van der Waals surface area contributed by atoms with Crippen molar-refractivity contribution < 1.29 is 43.5 Å². The van der Waals surface area contributed by atoms with Gasteiger partial charge >= 0.3 is 5.97 Å². The number of nitrogens with zero attached hydrogens (tertiary/aromatic N) is 1. The number of benzene rings is 1. The average molecular weight is 734 g/mol. The number of morpholine rings is 1. The first-order valence-corrected chi connectivity index (χ1v) is 18.9. The Labute approximate surface area is 310 Å². The summed E-state index contributed by atoms with van der Waals surface area (Å²) in [6.45, 7) is 13.5. The number of aliphatic hydroxyl groups excluding tert-OH is 1. The summed E-state index contributed by atoms with van der Waals surface area (Å²) in [7, 11) is 0. The number of carbonyl (C=O) groups excluding carboxylic acids is 3. The molecule has 0 spiro atoms. The quantitative estimate of drug-likeness (QED) is 0.203. The molecule has 286 valence electrons. The van der Waals surface area contributed by atoms with E-state index in [1.807, 2.05) is 31.2 Å². The summed E-state index contributed by atoms with van der Waals surface area (Å²) >= 11 is 0. The maximum Gasteiger partial charge on any atom is 0.303 e. The Morgan fingerprint density at radius 2 is 1.63 bits per heavy atom. The number of carbonyl (C=O) groups is 3. The Kier molecular flexibility index (Phi) is 14.6. The summed E-state index contributed by atoms with van der Waals surface area (Å²) in [5.74, 6) is 1.37. The van der Waals surface area contributed by atoms with Gasteiger partial charge in [-0.2, -0.15) is 0 Å². The number of allylic oxidation sites excluding steroid dienone is 1. The van der Waals surface area contributed by atoms with E-state index >= 15 is 0 Å². The number of ketones is 2. The number of hydrogen-bond donors (Lipinski definition) is 2. The van der Waals surface area contributed by atoms with Crippen LogP contribution in [0.1, 0.15) is 91.9 Å². The highest BCUT2D eigenvalue weighted by Gasteiger charge is 2.68. The third kappa shape index (κ3) is 9.18. The molecule has 0 aromatic heterocycles. The second-order valence-electron chi connectivity index (χ2n) is 15.5. The molecule has 2 N–H and O–H groups in total. The SMILES string of the molecule is CC(=O)OCC(=O)C1(O)CCC2C3CCC4=CC(=O)CCC4(C)C3C(O)CC21C.CCCCOc1ccc(OCCCN2CCOCC2)cc1.Cl. The largest absolute Gasteiger partial charge is 0.494 e. The molecule has 4 fully saturated rings. The fourth-order valence-electron chi connectivity index (χ4n) is 9.71. The number of Topliss-reactive ketones (excluding diaryl/α,β-unsaturated/α-hetero) is 1. The molecule has 1 aromatic carbocycles. The highest BCUT2D eigenvalue weighted by Crippen LogP contribution is 2.67. The van der Waals surface area contributed by atoms with E-state index in [4.69, 9.17) is 18.9 Å². The molecule has 1 heterocycles. The lowest BCUT2D eigenvalue weighted by molar-refractivity contribution is -0.184. The maximum atomic E-state index is 12.9. The van der Waals surface area contributed by atoms with Crippen LogP contribution >= 0.6 is 12.4 Å². The van der Waals surface area contributed by atoms with Crippen LogP contribution in [0.5, 0.6) is 11.5 Å². The number of rotatable bonds is 12. The van der Waals surface area contributed by atoms with Crippen LogP contribution < -0.4 is 9.47 Å². The predicted octanol–water partition coefficient (Wildman–Crippen LogP) is 5.74. The van der Waals surface area contributed by atoms with Gasteiger partial charge in [0, 0.05) is 38.4 Å². The van der Waals surface area contributed by atoms with Gasteiger partial charge in [0.1, 0.15) is 17.1 Å². The van der Waals surface area contributed by atoms with Crippen molar-refractivity contribution in [3.05, 3.63) is 35.9 Å². The van der Waals surface area contributed by atoms with E-state index in [0.717, 1.165) is 108 Å². The van der Waals surface area contributed by atoms with Crippen LogP contribution in [-0.4, -0.2) is 97.0 Å². The van der Waals surface area contributed by atoms with Gasteiger partial charge in [0.15, 0.2) is 12.4 Å². The van der Waals surface area contributed by atoms with Crippen molar-refractivity contribution in [1.82, 2.24) is 4.90 Å². The molecule has 0 bridgehead atoms. The van der Waals surface area contributed by atoms with Crippen molar-refractivity contribution in [1.29, 1.82) is 0 Å². The molecule has 1 saturated heterocycles. The Morgan fingerprint density at radius 3 is 2.25 bits per heavy atom. The number of ether oxygens (including phenoxy) is 4. The highest BCUT2D eigenvalue weighted by atomic mass is 35.5. The van der Waals surface area contributed by atoms with Crippen molar-refractivity contribution in [3.8, 4) is 11.5 Å². The molecule has 1 aromatic rings. The van der Waals surface area contributed by atoms with Crippen LogP contribution in [0.2, 0.25) is 0 Å². The molecule has 10 nitrogen and oxygen atoms in total. The molecule has 11 heteroatoms. The van der Waals surface area contributed by atoms with Gasteiger partial charge in [0.25, 0.3) is 0 Å². The van der Waals surface area contributed by atoms with Crippen molar-refractivity contribution in [2.75, 3.05) is 52.7 Å². The molecule has 51 heavy (non-hydrogen) atoms. The van der Waals surface area contributed by atoms with E-state index in [-0.39, 0.29) is 41.4 Å². The zero-order chi connectivity index (χ0) is 35.9. The standard InChI is InChI=1S/C23H32O6.C17H27NO3.ClH/c1-13(24)29-12-19(27)23(28)9-7-17-16-5-4-14-10-15(25)6-8-21(14,2)20(16)18(26)11-22(17,23)3;1-2-3-12-20-16-5-7-17(8-6-16)21-13-4-9-18-10-14-19-15-11-18;/h10,16-18,20,26,28H,4-9,11-12H2,1-3H3;5-8H,2-4,9-15H2,1H3;1H. The highest BCUT2D eigenvalue weighted by molar-refractivity contribution is 5.92. The van der Waals surface area contributed by atoms with Gasteiger partial charge in [-0.1, -0.05) is 32.8 Å². The third-order valence-electron chi connectivity index (χ3n) is 12.5.